The molecule has 0 spiro atoms. The Balaban J connectivity index is 2.59. The number of benzene rings is 1. The Morgan fingerprint density at radius 3 is 2.43 bits per heavy atom. The number of carboxylic acid groups (broad SMARTS) is 1. The van der Waals surface area contributed by atoms with E-state index >= 15 is 0 Å². The average molecular weight is 296 g/mol. The monoisotopic (exact) mass is 296 g/mol. The maximum Gasteiger partial charge on any atom is 0.326 e. The van der Waals surface area contributed by atoms with Crippen molar-refractivity contribution in [2.75, 3.05) is 14.2 Å². The molecule has 0 saturated carbocycles. The summed E-state index contributed by atoms with van der Waals surface area (Å²) < 4.78 is 10.3. The molecule has 2 amide bonds. The first kappa shape index (κ1) is 16.6. The van der Waals surface area contributed by atoms with Gasteiger partial charge in [0.2, 0.25) is 0 Å². The van der Waals surface area contributed by atoms with E-state index in [0.717, 1.165) is 5.56 Å². The van der Waals surface area contributed by atoms with Crippen molar-refractivity contribution in [2.45, 2.75) is 25.9 Å². The first-order valence-electron chi connectivity index (χ1n) is 6.49. The summed E-state index contributed by atoms with van der Waals surface area (Å²) in [5.74, 6) is 0.107. The predicted octanol–water partition coefficient (Wildman–Crippen LogP) is 1.37. The van der Waals surface area contributed by atoms with E-state index in [4.69, 9.17) is 14.6 Å². The fourth-order valence-corrected chi connectivity index (χ4v) is 1.72. The maximum atomic E-state index is 11.6. The predicted molar refractivity (Wildman–Crippen MR) is 76.6 cm³/mol. The molecule has 7 nitrogen and oxygen atoms in total. The fourth-order valence-electron chi connectivity index (χ4n) is 1.72. The number of hydrogen-bond donors (Lipinski definition) is 3. The number of carboxylic acids is 1. The molecule has 0 aliphatic rings. The maximum absolute atomic E-state index is 11.6. The van der Waals surface area contributed by atoms with Crippen LogP contribution in [0.3, 0.4) is 0 Å². The SMILES string of the molecule is CC[C@H](NC(=O)NCc1ccc(OC)c(OC)c1)C(=O)O. The molecule has 21 heavy (non-hydrogen) atoms. The lowest BCUT2D eigenvalue weighted by Gasteiger charge is -2.14. The second-order valence-electron chi connectivity index (χ2n) is 4.32. The molecular formula is C14H20N2O5. The van der Waals surface area contributed by atoms with Crippen LogP contribution in [0, 0.1) is 0 Å². The summed E-state index contributed by atoms with van der Waals surface area (Å²) in [5, 5.41) is 13.8. The quantitative estimate of drug-likeness (QED) is 0.706. The minimum atomic E-state index is -1.06. The van der Waals surface area contributed by atoms with Crippen LogP contribution in [-0.2, 0) is 11.3 Å². The van der Waals surface area contributed by atoms with Crippen molar-refractivity contribution in [2.24, 2.45) is 0 Å². The topological polar surface area (TPSA) is 96.9 Å². The Kier molecular flexibility index (Phi) is 6.32. The summed E-state index contributed by atoms with van der Waals surface area (Å²) >= 11 is 0. The molecular weight excluding hydrogens is 276 g/mol. The van der Waals surface area contributed by atoms with Crippen LogP contribution in [0.5, 0.6) is 11.5 Å². The van der Waals surface area contributed by atoms with E-state index in [1.165, 1.54) is 7.11 Å². The average Bonchev–Trinajstić information content (AvgIpc) is 2.49. The summed E-state index contributed by atoms with van der Waals surface area (Å²) in [6.07, 6.45) is 0.319. The van der Waals surface area contributed by atoms with E-state index in [2.05, 4.69) is 10.6 Å². The number of amides is 2. The Bertz CT molecular complexity index is 504. The van der Waals surface area contributed by atoms with Gasteiger partial charge in [-0.2, -0.15) is 0 Å². The Morgan fingerprint density at radius 1 is 1.24 bits per heavy atom. The van der Waals surface area contributed by atoms with Gasteiger partial charge in [-0.05, 0) is 24.1 Å². The molecule has 0 aromatic heterocycles. The van der Waals surface area contributed by atoms with Crippen LogP contribution in [0.2, 0.25) is 0 Å². The molecule has 1 atom stereocenters. The van der Waals surface area contributed by atoms with Crippen molar-refractivity contribution < 1.29 is 24.2 Å². The zero-order chi connectivity index (χ0) is 15.8. The van der Waals surface area contributed by atoms with Gasteiger partial charge in [0.15, 0.2) is 11.5 Å². The van der Waals surface area contributed by atoms with Gasteiger partial charge in [-0.1, -0.05) is 13.0 Å². The minimum absolute atomic E-state index is 0.252. The third-order valence-corrected chi connectivity index (χ3v) is 2.91. The molecule has 0 aliphatic heterocycles. The zero-order valence-electron chi connectivity index (χ0n) is 12.3. The molecule has 0 unspecified atom stereocenters. The number of methoxy groups -OCH3 is 2. The number of carbonyl (C=O) groups is 2. The molecule has 0 radical (unpaired) electrons. The lowest BCUT2D eigenvalue weighted by Crippen LogP contribution is -2.45. The highest BCUT2D eigenvalue weighted by molar-refractivity contribution is 5.82. The number of aliphatic carboxylic acids is 1. The summed E-state index contributed by atoms with van der Waals surface area (Å²) in [6.45, 7) is 1.94. The van der Waals surface area contributed by atoms with Gasteiger partial charge in [-0.25, -0.2) is 9.59 Å². The van der Waals surface area contributed by atoms with Gasteiger partial charge in [-0.3, -0.25) is 0 Å². The molecule has 1 aromatic carbocycles. The first-order chi connectivity index (χ1) is 10.0. The largest absolute Gasteiger partial charge is 0.493 e. The van der Waals surface area contributed by atoms with Crippen LogP contribution >= 0.6 is 0 Å². The summed E-state index contributed by atoms with van der Waals surface area (Å²) in [5.41, 5.74) is 0.811. The highest BCUT2D eigenvalue weighted by atomic mass is 16.5. The lowest BCUT2D eigenvalue weighted by molar-refractivity contribution is -0.139. The molecule has 0 aliphatic carbocycles. The smallest absolute Gasteiger partial charge is 0.326 e. The van der Waals surface area contributed by atoms with Crippen molar-refractivity contribution in [1.29, 1.82) is 0 Å². The highest BCUT2D eigenvalue weighted by Crippen LogP contribution is 2.27. The van der Waals surface area contributed by atoms with Crippen LogP contribution in [0.1, 0.15) is 18.9 Å². The molecule has 0 heterocycles. The van der Waals surface area contributed by atoms with Crippen molar-refractivity contribution in [3.63, 3.8) is 0 Å². The molecule has 0 saturated heterocycles. The fraction of sp³-hybridized carbons (Fsp3) is 0.429. The van der Waals surface area contributed by atoms with Gasteiger partial charge in [0.05, 0.1) is 14.2 Å². The van der Waals surface area contributed by atoms with Crippen LogP contribution < -0.4 is 20.1 Å². The number of carbonyl (C=O) groups excluding carboxylic acids is 1. The summed E-state index contributed by atoms with van der Waals surface area (Å²) in [4.78, 5) is 22.4. The minimum Gasteiger partial charge on any atom is -0.493 e. The van der Waals surface area contributed by atoms with E-state index in [1.807, 2.05) is 0 Å². The number of ether oxygens (including phenoxy) is 2. The number of urea groups is 1. The van der Waals surface area contributed by atoms with Crippen LogP contribution in [0.25, 0.3) is 0 Å². The van der Waals surface area contributed by atoms with Crippen molar-refractivity contribution in [3.05, 3.63) is 23.8 Å². The molecule has 0 bridgehead atoms. The third-order valence-electron chi connectivity index (χ3n) is 2.91. The normalized spacial score (nSPS) is 11.4. The first-order valence-corrected chi connectivity index (χ1v) is 6.49. The Morgan fingerprint density at radius 2 is 1.90 bits per heavy atom. The Labute approximate surface area is 123 Å². The Hall–Kier alpha value is -2.44. The highest BCUT2D eigenvalue weighted by Gasteiger charge is 2.17. The molecule has 1 rings (SSSR count). The van der Waals surface area contributed by atoms with Crippen LogP contribution in [0.4, 0.5) is 4.79 Å². The van der Waals surface area contributed by atoms with Gasteiger partial charge in [0.1, 0.15) is 6.04 Å². The third kappa shape index (κ3) is 4.87. The van der Waals surface area contributed by atoms with Gasteiger partial charge < -0.3 is 25.2 Å². The molecule has 0 fully saturated rings. The molecule has 116 valence electrons. The van der Waals surface area contributed by atoms with Crippen molar-refractivity contribution in [3.8, 4) is 11.5 Å². The van der Waals surface area contributed by atoms with Gasteiger partial charge in [-0.15, -0.1) is 0 Å². The van der Waals surface area contributed by atoms with E-state index in [1.54, 1.807) is 32.2 Å². The van der Waals surface area contributed by atoms with E-state index < -0.39 is 18.0 Å². The van der Waals surface area contributed by atoms with Crippen molar-refractivity contribution >= 4 is 12.0 Å². The number of nitrogens with one attached hydrogen (secondary N) is 2. The van der Waals surface area contributed by atoms with Gasteiger partial charge in [0, 0.05) is 6.54 Å². The van der Waals surface area contributed by atoms with Crippen LogP contribution in [0.15, 0.2) is 18.2 Å². The summed E-state index contributed by atoms with van der Waals surface area (Å²) in [7, 11) is 3.07. The number of hydrogen-bond acceptors (Lipinski definition) is 4. The molecule has 7 heteroatoms. The number of rotatable bonds is 7. The second kappa shape index (κ2) is 7.98. The zero-order valence-corrected chi connectivity index (χ0v) is 12.3. The second-order valence-corrected chi connectivity index (χ2v) is 4.32. The van der Waals surface area contributed by atoms with E-state index in [-0.39, 0.29) is 6.54 Å². The standard InChI is InChI=1S/C14H20N2O5/c1-4-10(13(17)18)16-14(19)15-8-9-5-6-11(20-2)12(7-9)21-3/h5-7,10H,4,8H2,1-3H3,(H,17,18)(H2,15,16,19)/t10-/m0/s1. The van der Waals surface area contributed by atoms with Crippen LogP contribution in [-0.4, -0.2) is 37.4 Å². The molecule has 3 N–H and O–H groups in total. The lowest BCUT2D eigenvalue weighted by atomic mass is 10.2. The van der Waals surface area contributed by atoms with E-state index in [0.29, 0.717) is 17.9 Å². The summed E-state index contributed by atoms with van der Waals surface area (Å²) in [6, 6.07) is 3.85. The molecule has 1 aromatic rings. The van der Waals surface area contributed by atoms with Crippen molar-refractivity contribution in [1.82, 2.24) is 10.6 Å². The van der Waals surface area contributed by atoms with E-state index in [9.17, 15) is 9.59 Å². The van der Waals surface area contributed by atoms with Gasteiger partial charge >= 0.3 is 12.0 Å². The van der Waals surface area contributed by atoms with Gasteiger partial charge in [0.25, 0.3) is 0 Å².